The molecule has 2 nitrogen and oxygen atoms in total. The van der Waals surface area contributed by atoms with Crippen molar-refractivity contribution in [3.63, 3.8) is 0 Å². The second kappa shape index (κ2) is 3.95. The summed E-state index contributed by atoms with van der Waals surface area (Å²) in [5, 5.41) is 0. The predicted octanol–water partition coefficient (Wildman–Crippen LogP) is 3.06. The van der Waals surface area contributed by atoms with Crippen LogP contribution in [0.5, 0.6) is 5.75 Å². The molecule has 2 N–H and O–H groups in total. The molecule has 17 heavy (non-hydrogen) atoms. The van der Waals surface area contributed by atoms with Crippen molar-refractivity contribution >= 4 is 0 Å². The molecule has 0 radical (unpaired) electrons. The van der Waals surface area contributed by atoms with Crippen LogP contribution in [0, 0.1) is 0 Å². The van der Waals surface area contributed by atoms with E-state index < -0.39 is 6.61 Å². The van der Waals surface area contributed by atoms with Gasteiger partial charge >= 0.3 is 6.61 Å². The average Bonchev–Trinajstić information content (AvgIpc) is 2.97. The lowest BCUT2D eigenvalue weighted by Gasteiger charge is -2.32. The van der Waals surface area contributed by atoms with Gasteiger partial charge < -0.3 is 10.5 Å². The molecule has 1 fully saturated rings. The Balaban J connectivity index is 2.27. The maximum absolute atomic E-state index is 12.1. The lowest BCUT2D eigenvalue weighted by molar-refractivity contribution is -0.0499. The summed E-state index contributed by atoms with van der Waals surface area (Å²) in [6.45, 7) is 1.30. The lowest BCUT2D eigenvalue weighted by Crippen LogP contribution is -2.43. The number of rotatable bonds is 4. The van der Waals surface area contributed by atoms with Crippen LogP contribution >= 0.6 is 0 Å². The Morgan fingerprint density at radius 2 is 2.00 bits per heavy atom. The standard InChI is InChI=1S/C13H17F2NO/c1-12(2,13(16)6-7-13)9-4-3-5-10(8-9)17-11(14)15/h3-5,8,11H,6-7,16H2,1-2H3. The van der Waals surface area contributed by atoms with Gasteiger partial charge in [0, 0.05) is 11.0 Å². The molecule has 1 aromatic carbocycles. The summed E-state index contributed by atoms with van der Waals surface area (Å²) in [5.74, 6) is 0.190. The van der Waals surface area contributed by atoms with E-state index in [1.165, 1.54) is 6.07 Å². The topological polar surface area (TPSA) is 35.2 Å². The molecular weight excluding hydrogens is 224 g/mol. The first-order valence-corrected chi connectivity index (χ1v) is 5.69. The number of hydrogen-bond donors (Lipinski definition) is 1. The van der Waals surface area contributed by atoms with Gasteiger partial charge in [0.15, 0.2) is 0 Å². The number of halogens is 2. The Hall–Kier alpha value is -1.16. The fourth-order valence-electron chi connectivity index (χ4n) is 2.11. The fraction of sp³-hybridized carbons (Fsp3) is 0.538. The van der Waals surface area contributed by atoms with Crippen molar-refractivity contribution in [3.05, 3.63) is 29.8 Å². The molecule has 0 atom stereocenters. The summed E-state index contributed by atoms with van der Waals surface area (Å²) in [7, 11) is 0. The number of ether oxygens (including phenoxy) is 1. The number of hydrogen-bond acceptors (Lipinski definition) is 2. The highest BCUT2D eigenvalue weighted by molar-refractivity contribution is 5.37. The van der Waals surface area contributed by atoms with E-state index >= 15 is 0 Å². The molecular formula is C13H17F2NO. The molecule has 2 rings (SSSR count). The van der Waals surface area contributed by atoms with E-state index in [1.807, 2.05) is 19.9 Å². The highest BCUT2D eigenvalue weighted by Gasteiger charge is 2.51. The quantitative estimate of drug-likeness (QED) is 0.879. The van der Waals surface area contributed by atoms with Crippen LogP contribution in [0.2, 0.25) is 0 Å². The maximum atomic E-state index is 12.1. The molecule has 1 saturated carbocycles. The Labute approximate surface area is 99.8 Å². The Morgan fingerprint density at radius 3 is 2.53 bits per heavy atom. The zero-order chi connectivity index (χ0) is 12.7. The van der Waals surface area contributed by atoms with Gasteiger partial charge in [0.25, 0.3) is 0 Å². The average molecular weight is 241 g/mol. The second-order valence-electron chi connectivity index (χ2n) is 5.19. The molecule has 0 amide bonds. The van der Waals surface area contributed by atoms with E-state index in [1.54, 1.807) is 12.1 Å². The predicted molar refractivity (Wildman–Crippen MR) is 62.3 cm³/mol. The monoisotopic (exact) mass is 241 g/mol. The van der Waals surface area contributed by atoms with Gasteiger partial charge in [-0.25, -0.2) is 0 Å². The molecule has 0 unspecified atom stereocenters. The molecule has 94 valence electrons. The molecule has 4 heteroatoms. The van der Waals surface area contributed by atoms with Crippen LogP contribution in [0.25, 0.3) is 0 Å². The van der Waals surface area contributed by atoms with Gasteiger partial charge in [-0.1, -0.05) is 26.0 Å². The van der Waals surface area contributed by atoms with Crippen molar-refractivity contribution < 1.29 is 13.5 Å². The summed E-state index contributed by atoms with van der Waals surface area (Å²) in [6.07, 6.45) is 1.94. The zero-order valence-electron chi connectivity index (χ0n) is 10.0. The summed E-state index contributed by atoms with van der Waals surface area (Å²) in [4.78, 5) is 0. The van der Waals surface area contributed by atoms with Gasteiger partial charge in [-0.15, -0.1) is 0 Å². The SMILES string of the molecule is CC(C)(c1cccc(OC(F)F)c1)C1(N)CC1. The first-order chi connectivity index (χ1) is 7.85. The van der Waals surface area contributed by atoms with Crippen molar-refractivity contribution in [2.45, 2.75) is 44.3 Å². The van der Waals surface area contributed by atoms with E-state index in [2.05, 4.69) is 4.74 Å². The smallest absolute Gasteiger partial charge is 0.387 e. The first kappa shape index (κ1) is 12.3. The summed E-state index contributed by atoms with van der Waals surface area (Å²) >= 11 is 0. The largest absolute Gasteiger partial charge is 0.435 e. The van der Waals surface area contributed by atoms with Crippen LogP contribution in [0.4, 0.5) is 8.78 Å². The lowest BCUT2D eigenvalue weighted by atomic mass is 9.76. The van der Waals surface area contributed by atoms with Crippen molar-refractivity contribution in [1.29, 1.82) is 0 Å². The summed E-state index contributed by atoms with van der Waals surface area (Å²) in [5.41, 5.74) is 6.72. The second-order valence-corrected chi connectivity index (χ2v) is 5.19. The fourth-order valence-corrected chi connectivity index (χ4v) is 2.11. The van der Waals surface area contributed by atoms with E-state index in [4.69, 9.17) is 5.73 Å². The van der Waals surface area contributed by atoms with Crippen molar-refractivity contribution in [2.24, 2.45) is 5.73 Å². The van der Waals surface area contributed by atoms with E-state index in [0.29, 0.717) is 0 Å². The minimum absolute atomic E-state index is 0.190. The third kappa shape index (κ3) is 2.27. The normalized spacial score (nSPS) is 18.2. The zero-order valence-corrected chi connectivity index (χ0v) is 10.0. The molecule has 0 aromatic heterocycles. The van der Waals surface area contributed by atoms with Crippen molar-refractivity contribution in [2.75, 3.05) is 0 Å². The molecule has 0 aliphatic heterocycles. The Morgan fingerprint density at radius 1 is 1.35 bits per heavy atom. The Kier molecular flexibility index (Phi) is 2.86. The van der Waals surface area contributed by atoms with Crippen molar-refractivity contribution in [1.82, 2.24) is 0 Å². The number of alkyl halides is 2. The minimum atomic E-state index is -2.79. The molecule has 1 aliphatic carbocycles. The highest BCUT2D eigenvalue weighted by atomic mass is 19.3. The van der Waals surface area contributed by atoms with E-state index in [-0.39, 0.29) is 16.7 Å². The molecule has 0 spiro atoms. The third-order valence-electron chi connectivity index (χ3n) is 3.81. The van der Waals surface area contributed by atoms with Crippen LogP contribution in [0.15, 0.2) is 24.3 Å². The van der Waals surface area contributed by atoms with Crippen LogP contribution in [0.1, 0.15) is 32.3 Å². The van der Waals surface area contributed by atoms with E-state index in [0.717, 1.165) is 18.4 Å². The van der Waals surface area contributed by atoms with Gasteiger partial charge in [-0.2, -0.15) is 8.78 Å². The summed E-state index contributed by atoms with van der Waals surface area (Å²) < 4.78 is 28.7. The molecule has 0 heterocycles. The maximum Gasteiger partial charge on any atom is 0.387 e. The number of nitrogens with two attached hydrogens (primary N) is 1. The molecule has 1 aromatic rings. The molecule has 0 saturated heterocycles. The van der Waals surface area contributed by atoms with Crippen LogP contribution in [0.3, 0.4) is 0 Å². The molecule has 1 aliphatic rings. The van der Waals surface area contributed by atoms with Gasteiger partial charge in [0.05, 0.1) is 0 Å². The number of benzene rings is 1. The van der Waals surface area contributed by atoms with Crippen LogP contribution < -0.4 is 10.5 Å². The highest BCUT2D eigenvalue weighted by Crippen LogP contribution is 2.49. The van der Waals surface area contributed by atoms with Gasteiger partial charge in [0.2, 0.25) is 0 Å². The third-order valence-corrected chi connectivity index (χ3v) is 3.81. The van der Waals surface area contributed by atoms with Gasteiger partial charge in [-0.3, -0.25) is 0 Å². The van der Waals surface area contributed by atoms with Gasteiger partial charge in [-0.05, 0) is 30.5 Å². The van der Waals surface area contributed by atoms with Crippen LogP contribution in [-0.4, -0.2) is 12.2 Å². The van der Waals surface area contributed by atoms with E-state index in [9.17, 15) is 8.78 Å². The Bertz CT molecular complexity index is 414. The summed E-state index contributed by atoms with van der Waals surface area (Å²) in [6, 6.07) is 6.81. The minimum Gasteiger partial charge on any atom is -0.435 e. The van der Waals surface area contributed by atoms with Gasteiger partial charge in [0.1, 0.15) is 5.75 Å². The van der Waals surface area contributed by atoms with Crippen LogP contribution in [-0.2, 0) is 5.41 Å². The van der Waals surface area contributed by atoms with Crippen molar-refractivity contribution in [3.8, 4) is 5.75 Å². The molecule has 0 bridgehead atoms. The first-order valence-electron chi connectivity index (χ1n) is 5.69.